The van der Waals surface area contributed by atoms with E-state index < -0.39 is 6.85 Å². The Morgan fingerprint density at radius 3 is 2.20 bits per heavy atom. The minimum absolute atomic E-state index is 0. The van der Waals surface area contributed by atoms with E-state index in [1.165, 1.54) is 6.08 Å². The van der Waals surface area contributed by atoms with Crippen LogP contribution in [-0.4, -0.2) is 15.9 Å². The molecule has 40 heavy (non-hydrogen) atoms. The summed E-state index contributed by atoms with van der Waals surface area (Å²) in [6.07, 6.45) is 6.70. The van der Waals surface area contributed by atoms with Crippen LogP contribution in [0.2, 0.25) is 0 Å². The summed E-state index contributed by atoms with van der Waals surface area (Å²) in [7, 11) is 0. The minimum atomic E-state index is -2.10. The molecule has 0 aliphatic rings. The molecule has 4 nitrogen and oxygen atoms in total. The molecule has 2 aromatic carbocycles. The number of aliphatic hydroxyl groups is 1. The molecule has 0 bridgehead atoms. The molecule has 0 saturated carbocycles. The first-order valence-corrected chi connectivity index (χ1v) is 13.9. The van der Waals surface area contributed by atoms with Crippen LogP contribution in [0.4, 0.5) is 0 Å². The Morgan fingerprint density at radius 1 is 0.975 bits per heavy atom. The Hall–Kier alpha value is -3.01. The molecule has 1 N–H and O–H groups in total. The Kier molecular flexibility index (Phi) is 11.2. The van der Waals surface area contributed by atoms with E-state index in [0.717, 1.165) is 64.6 Å². The van der Waals surface area contributed by atoms with Crippen molar-refractivity contribution in [2.45, 2.75) is 74.1 Å². The Balaban J connectivity index is 0.000000348. The maximum Gasteiger partial charge on any atom is 0.162 e. The molecule has 0 amide bonds. The summed E-state index contributed by atoms with van der Waals surface area (Å²) in [4.78, 5) is 16.3. The van der Waals surface area contributed by atoms with Gasteiger partial charge in [-0.3, -0.25) is 4.79 Å². The fraction of sp³-hybridized carbons (Fsp3) is 0.371. The summed E-state index contributed by atoms with van der Waals surface area (Å²) in [5.74, 6) is 1.23. The Bertz CT molecular complexity index is 1500. The van der Waals surface area contributed by atoms with E-state index in [1.807, 2.05) is 46.8 Å². The van der Waals surface area contributed by atoms with Crippen molar-refractivity contribution in [2.75, 3.05) is 0 Å². The summed E-state index contributed by atoms with van der Waals surface area (Å²) >= 11 is 0. The molecule has 2 heterocycles. The van der Waals surface area contributed by atoms with Gasteiger partial charge in [0.2, 0.25) is 0 Å². The first kappa shape index (κ1) is 28.5. The fourth-order valence-corrected chi connectivity index (χ4v) is 4.67. The molecular weight excluding hydrogens is 675 g/mol. The van der Waals surface area contributed by atoms with E-state index in [9.17, 15) is 9.90 Å². The molecule has 4 aromatic rings. The Labute approximate surface area is 257 Å². The molecule has 0 aliphatic carbocycles. The number of ketones is 1. The number of hydrogen-bond donors (Lipinski definition) is 1. The van der Waals surface area contributed by atoms with Gasteiger partial charge < -0.3 is 14.5 Å². The van der Waals surface area contributed by atoms with Crippen LogP contribution in [0.3, 0.4) is 0 Å². The predicted molar refractivity (Wildman–Crippen MR) is 162 cm³/mol. The number of benzene rings is 2. The van der Waals surface area contributed by atoms with Gasteiger partial charge in [-0.15, -0.1) is 34.9 Å². The van der Waals surface area contributed by atoms with Gasteiger partial charge in [0.05, 0.1) is 5.76 Å². The van der Waals surface area contributed by atoms with Crippen LogP contribution >= 0.6 is 0 Å². The van der Waals surface area contributed by atoms with E-state index in [0.29, 0.717) is 11.3 Å². The number of allylic oxidation sites excluding steroid dienone is 2. The van der Waals surface area contributed by atoms with E-state index in [-0.39, 0.29) is 43.5 Å². The number of aryl methyl sites for hydroxylation is 3. The van der Waals surface area contributed by atoms with E-state index in [1.54, 1.807) is 30.5 Å². The van der Waals surface area contributed by atoms with Crippen LogP contribution in [-0.2, 0) is 24.9 Å². The summed E-state index contributed by atoms with van der Waals surface area (Å²) in [6.45, 7) is 10.0. The summed E-state index contributed by atoms with van der Waals surface area (Å²) < 4.78 is 28.4. The third-order valence-corrected chi connectivity index (χ3v) is 7.08. The molecule has 0 atom stereocenters. The number of fused-ring (bicyclic) bond motifs is 1. The van der Waals surface area contributed by atoms with Crippen molar-refractivity contribution in [3.8, 4) is 22.6 Å². The van der Waals surface area contributed by atoms with Gasteiger partial charge in [-0.05, 0) is 50.4 Å². The number of hydrogen-bond acceptors (Lipinski definition) is 4. The van der Waals surface area contributed by atoms with Crippen molar-refractivity contribution < 1.29 is 38.5 Å². The normalized spacial score (nSPS) is 12.8. The fourth-order valence-electron chi connectivity index (χ4n) is 4.67. The van der Waals surface area contributed by atoms with Crippen LogP contribution < -0.4 is 0 Å². The van der Waals surface area contributed by atoms with Gasteiger partial charge in [-0.25, -0.2) is 0 Å². The van der Waals surface area contributed by atoms with Crippen molar-refractivity contribution >= 4 is 16.8 Å². The number of rotatable bonds is 9. The van der Waals surface area contributed by atoms with Crippen molar-refractivity contribution in [2.24, 2.45) is 11.8 Å². The molecule has 0 saturated heterocycles. The van der Waals surface area contributed by atoms with Gasteiger partial charge in [0.1, 0.15) is 11.3 Å². The summed E-state index contributed by atoms with van der Waals surface area (Å²) in [6, 6.07) is 18.1. The first-order chi connectivity index (χ1) is 19.9. The average Bonchev–Trinajstić information content (AvgIpc) is 3.37. The van der Waals surface area contributed by atoms with Gasteiger partial charge >= 0.3 is 0 Å². The molecule has 4 rings (SSSR count). The monoisotopic (exact) mass is 720 g/mol. The first-order valence-electron chi connectivity index (χ1n) is 15.4. The minimum Gasteiger partial charge on any atom is -0.512 e. The third-order valence-electron chi connectivity index (χ3n) is 7.08. The summed E-state index contributed by atoms with van der Waals surface area (Å²) in [5.41, 5.74) is 5.87. The second-order valence-corrected chi connectivity index (χ2v) is 10.0. The van der Waals surface area contributed by atoms with E-state index in [4.69, 9.17) is 8.53 Å². The van der Waals surface area contributed by atoms with Gasteiger partial charge in [0, 0.05) is 59.3 Å². The van der Waals surface area contributed by atoms with Gasteiger partial charge in [0.15, 0.2) is 5.78 Å². The number of aromatic nitrogens is 1. The van der Waals surface area contributed by atoms with Crippen LogP contribution in [0.25, 0.3) is 33.6 Å². The number of carbonyl (C=O) groups excluding carboxylic acids is 1. The second kappa shape index (κ2) is 15.7. The quantitative estimate of drug-likeness (QED) is 0.106. The van der Waals surface area contributed by atoms with Crippen molar-refractivity contribution in [3.05, 3.63) is 89.3 Å². The standard InChI is InChI=1S/C22H18NO.C13H24O2.Ir/c1-14-4-6-17(7-5-14)21-11-19-13-23-20(12-22(19)24-21)18-9-15(2)8-16(3)10-18;1-5-10(6-2)12(14)9-13(15)11(7-3)8-4;/h4-9,11-13H,1-3H3;9-11,14H,5-8H2,1-4H3;/q-1;;/b;12-9-;/i1D3;;. The number of nitrogens with zero attached hydrogens (tertiary/aromatic N) is 1. The Morgan fingerprint density at radius 2 is 1.62 bits per heavy atom. The molecule has 2 aromatic heterocycles. The van der Waals surface area contributed by atoms with Gasteiger partial charge in [-0.2, -0.15) is 0 Å². The molecular formula is C35H42IrNO3-. The zero-order valence-electron chi connectivity index (χ0n) is 27.3. The third kappa shape index (κ3) is 8.74. The zero-order valence-corrected chi connectivity index (χ0v) is 26.7. The largest absolute Gasteiger partial charge is 0.512 e. The number of aliphatic hydroxyl groups excluding tert-OH is 1. The molecule has 0 fully saturated rings. The van der Waals surface area contributed by atoms with Crippen molar-refractivity contribution in [1.82, 2.24) is 4.98 Å². The maximum atomic E-state index is 11.7. The van der Waals surface area contributed by atoms with Crippen LogP contribution in [0.5, 0.6) is 0 Å². The molecule has 215 valence electrons. The van der Waals surface area contributed by atoms with Gasteiger partial charge in [-0.1, -0.05) is 71.4 Å². The van der Waals surface area contributed by atoms with Crippen molar-refractivity contribution in [3.63, 3.8) is 0 Å². The van der Waals surface area contributed by atoms with Crippen LogP contribution in [0, 0.1) is 38.6 Å². The van der Waals surface area contributed by atoms with E-state index >= 15 is 0 Å². The van der Waals surface area contributed by atoms with Crippen molar-refractivity contribution in [1.29, 1.82) is 0 Å². The molecule has 0 spiro atoms. The maximum absolute atomic E-state index is 11.7. The zero-order chi connectivity index (χ0) is 31.0. The molecule has 0 unspecified atom stereocenters. The topological polar surface area (TPSA) is 63.3 Å². The van der Waals surface area contributed by atoms with Crippen LogP contribution in [0.1, 0.15) is 74.2 Å². The van der Waals surface area contributed by atoms with Gasteiger partial charge in [0.25, 0.3) is 0 Å². The SMILES string of the molecule is CCC(CC)C(=O)/C=C(\O)C(CC)CC.[2H]C([2H])([2H])c1ccc(-c2cc3cnc(-c4[c-]c(C)cc(C)c4)cc3o2)cc1.[Ir]. The molecule has 0 aliphatic heterocycles. The van der Waals surface area contributed by atoms with Crippen LogP contribution in [0.15, 0.2) is 71.0 Å². The number of carbonyl (C=O) groups is 1. The molecule has 1 radical (unpaired) electrons. The second-order valence-electron chi connectivity index (χ2n) is 10.0. The number of furan rings is 1. The van der Waals surface area contributed by atoms with E-state index in [2.05, 4.69) is 30.1 Å². The smallest absolute Gasteiger partial charge is 0.162 e. The number of pyridine rings is 1. The average molecular weight is 720 g/mol. The predicted octanol–water partition coefficient (Wildman–Crippen LogP) is 9.75. The molecule has 5 heteroatoms. The summed E-state index contributed by atoms with van der Waals surface area (Å²) in [5, 5.41) is 10.7.